The number of aromatic nitrogens is 5. The van der Waals surface area contributed by atoms with E-state index in [0.717, 1.165) is 27.5 Å². The fourth-order valence-corrected chi connectivity index (χ4v) is 3.98. The summed E-state index contributed by atoms with van der Waals surface area (Å²) in [5.41, 5.74) is 6.84. The Bertz CT molecular complexity index is 1260. The number of rotatable bonds is 4. The summed E-state index contributed by atoms with van der Waals surface area (Å²) in [7, 11) is 0. The van der Waals surface area contributed by atoms with Crippen LogP contribution in [0.1, 0.15) is 5.56 Å². The third-order valence-electron chi connectivity index (χ3n) is 4.55. The van der Waals surface area contributed by atoms with Crippen molar-refractivity contribution in [3.8, 4) is 21.8 Å². The summed E-state index contributed by atoms with van der Waals surface area (Å²) in [6.45, 7) is 2.11. The number of hydrogen-bond acceptors (Lipinski definition) is 6. The molecular weight excluding hydrogens is 368 g/mol. The fraction of sp³-hybridized carbons (Fsp3) is 0.0476. The van der Waals surface area contributed by atoms with E-state index < -0.39 is 0 Å². The highest BCUT2D eigenvalue weighted by Gasteiger charge is 2.09. The van der Waals surface area contributed by atoms with Crippen LogP contribution in [0.2, 0.25) is 0 Å². The lowest BCUT2D eigenvalue weighted by molar-refractivity contribution is 1.20. The van der Waals surface area contributed by atoms with E-state index in [4.69, 9.17) is 4.98 Å². The molecule has 0 radical (unpaired) electrons. The van der Waals surface area contributed by atoms with Gasteiger partial charge in [-0.25, -0.2) is 19.9 Å². The fourth-order valence-electron chi connectivity index (χ4n) is 3.06. The van der Waals surface area contributed by atoms with Gasteiger partial charge < -0.3 is 10.3 Å². The number of aryl methyl sites for hydroxylation is 1. The number of fused-ring (bicyclic) bond motifs is 1. The Balaban J connectivity index is 1.40. The van der Waals surface area contributed by atoms with Gasteiger partial charge >= 0.3 is 0 Å². The van der Waals surface area contributed by atoms with Crippen molar-refractivity contribution in [3.63, 3.8) is 0 Å². The van der Waals surface area contributed by atoms with Crippen LogP contribution < -0.4 is 5.32 Å². The average Bonchev–Trinajstić information content (AvgIpc) is 3.39. The zero-order chi connectivity index (χ0) is 18.9. The lowest BCUT2D eigenvalue weighted by Gasteiger charge is -2.06. The minimum Gasteiger partial charge on any atom is -0.340 e. The Morgan fingerprint density at radius 3 is 2.68 bits per heavy atom. The SMILES string of the molecule is Cc1ccccc1-c1nc(-c2ccc(Nc3ncnc4nc[nH]c34)cc2)cs1. The molecule has 0 saturated heterocycles. The van der Waals surface area contributed by atoms with E-state index in [0.29, 0.717) is 11.5 Å². The predicted octanol–water partition coefficient (Wildman–Crippen LogP) is 5.20. The third kappa shape index (κ3) is 3.01. The molecule has 0 aliphatic heterocycles. The second-order valence-corrected chi connectivity index (χ2v) is 7.24. The maximum absolute atomic E-state index is 4.82. The number of nitrogens with one attached hydrogen (secondary N) is 2. The molecule has 0 bridgehead atoms. The maximum Gasteiger partial charge on any atom is 0.182 e. The average molecular weight is 384 g/mol. The number of hydrogen-bond donors (Lipinski definition) is 2. The smallest absolute Gasteiger partial charge is 0.182 e. The summed E-state index contributed by atoms with van der Waals surface area (Å²) < 4.78 is 0. The molecule has 5 aromatic rings. The standard InChI is InChI=1S/C21H16N6S/c1-13-4-2-3-5-16(13)21-27-17(10-28-21)14-6-8-15(9-7-14)26-20-18-19(23-11-22-18)24-12-25-20/h2-12H,1H3,(H2,22,23,24,25,26). The molecule has 3 heterocycles. The first-order valence-corrected chi connectivity index (χ1v) is 9.69. The van der Waals surface area contributed by atoms with Crippen molar-refractivity contribution in [2.45, 2.75) is 6.92 Å². The van der Waals surface area contributed by atoms with E-state index in [1.807, 2.05) is 24.3 Å². The lowest BCUT2D eigenvalue weighted by Crippen LogP contribution is -1.95. The van der Waals surface area contributed by atoms with Crippen molar-refractivity contribution in [1.82, 2.24) is 24.9 Å². The minimum atomic E-state index is 0.639. The highest BCUT2D eigenvalue weighted by molar-refractivity contribution is 7.13. The number of imidazole rings is 1. The van der Waals surface area contributed by atoms with Gasteiger partial charge in [-0.1, -0.05) is 36.4 Å². The van der Waals surface area contributed by atoms with Crippen LogP contribution in [-0.2, 0) is 0 Å². The quantitative estimate of drug-likeness (QED) is 0.445. The Hall–Kier alpha value is -3.58. The molecule has 0 aliphatic carbocycles. The van der Waals surface area contributed by atoms with E-state index in [-0.39, 0.29) is 0 Å². The molecule has 7 heteroatoms. The zero-order valence-corrected chi connectivity index (χ0v) is 15.9. The van der Waals surface area contributed by atoms with E-state index in [1.54, 1.807) is 17.7 Å². The Morgan fingerprint density at radius 2 is 1.82 bits per heavy atom. The van der Waals surface area contributed by atoms with Gasteiger partial charge in [-0.2, -0.15) is 0 Å². The summed E-state index contributed by atoms with van der Waals surface area (Å²) >= 11 is 1.67. The van der Waals surface area contributed by atoms with Crippen molar-refractivity contribution in [3.05, 3.63) is 72.1 Å². The minimum absolute atomic E-state index is 0.639. The highest BCUT2D eigenvalue weighted by atomic mass is 32.1. The summed E-state index contributed by atoms with van der Waals surface area (Å²) in [6.07, 6.45) is 3.12. The molecule has 28 heavy (non-hydrogen) atoms. The number of anilines is 2. The summed E-state index contributed by atoms with van der Waals surface area (Å²) in [6, 6.07) is 16.5. The van der Waals surface area contributed by atoms with Gasteiger partial charge in [0.15, 0.2) is 11.5 Å². The van der Waals surface area contributed by atoms with Gasteiger partial charge in [0, 0.05) is 22.2 Å². The van der Waals surface area contributed by atoms with Crippen LogP contribution in [0.3, 0.4) is 0 Å². The molecule has 0 saturated carbocycles. The van der Waals surface area contributed by atoms with Gasteiger partial charge in [-0.05, 0) is 24.6 Å². The number of thiazole rings is 1. The molecule has 0 unspecified atom stereocenters. The van der Waals surface area contributed by atoms with Crippen LogP contribution >= 0.6 is 11.3 Å². The molecule has 2 N–H and O–H groups in total. The van der Waals surface area contributed by atoms with Gasteiger partial charge in [0.25, 0.3) is 0 Å². The van der Waals surface area contributed by atoms with Crippen molar-refractivity contribution in [1.29, 1.82) is 0 Å². The number of benzene rings is 2. The predicted molar refractivity (Wildman–Crippen MR) is 113 cm³/mol. The number of H-pyrrole nitrogens is 1. The molecule has 0 atom stereocenters. The maximum atomic E-state index is 4.82. The normalized spacial score (nSPS) is 11.0. The van der Waals surface area contributed by atoms with Crippen LogP contribution in [0.15, 0.2) is 66.6 Å². The number of aromatic amines is 1. The third-order valence-corrected chi connectivity index (χ3v) is 5.42. The molecule has 0 aliphatic rings. The summed E-state index contributed by atoms with van der Waals surface area (Å²) in [4.78, 5) is 20.5. The first-order valence-electron chi connectivity index (χ1n) is 8.81. The van der Waals surface area contributed by atoms with Crippen molar-refractivity contribution in [2.24, 2.45) is 0 Å². The first-order chi connectivity index (χ1) is 13.8. The molecule has 3 aromatic heterocycles. The Labute approximate surface area is 165 Å². The molecule has 0 amide bonds. The topological polar surface area (TPSA) is 79.4 Å². The summed E-state index contributed by atoms with van der Waals surface area (Å²) in [5, 5.41) is 6.45. The van der Waals surface area contributed by atoms with Crippen molar-refractivity contribution in [2.75, 3.05) is 5.32 Å². The van der Waals surface area contributed by atoms with E-state index in [1.165, 1.54) is 17.5 Å². The monoisotopic (exact) mass is 384 g/mol. The Morgan fingerprint density at radius 1 is 0.964 bits per heavy atom. The van der Waals surface area contributed by atoms with Crippen LogP contribution in [0.4, 0.5) is 11.5 Å². The van der Waals surface area contributed by atoms with Gasteiger partial charge in [0.2, 0.25) is 0 Å². The van der Waals surface area contributed by atoms with Crippen LogP contribution in [-0.4, -0.2) is 24.9 Å². The van der Waals surface area contributed by atoms with Gasteiger partial charge in [-0.3, -0.25) is 0 Å². The molecule has 136 valence electrons. The number of nitrogens with zero attached hydrogens (tertiary/aromatic N) is 4. The van der Waals surface area contributed by atoms with E-state index in [9.17, 15) is 0 Å². The van der Waals surface area contributed by atoms with Gasteiger partial charge in [0.1, 0.15) is 16.9 Å². The Kier molecular flexibility index (Phi) is 4.06. The summed E-state index contributed by atoms with van der Waals surface area (Å²) in [5.74, 6) is 0.700. The first kappa shape index (κ1) is 16.6. The highest BCUT2D eigenvalue weighted by Crippen LogP contribution is 2.31. The second-order valence-electron chi connectivity index (χ2n) is 6.38. The van der Waals surface area contributed by atoms with E-state index in [2.05, 4.69) is 61.8 Å². The molecule has 6 nitrogen and oxygen atoms in total. The van der Waals surface area contributed by atoms with Crippen LogP contribution in [0.25, 0.3) is 33.0 Å². The molecule has 0 fully saturated rings. The van der Waals surface area contributed by atoms with Crippen molar-refractivity contribution < 1.29 is 0 Å². The molecule has 5 rings (SSSR count). The zero-order valence-electron chi connectivity index (χ0n) is 15.0. The van der Waals surface area contributed by atoms with Crippen LogP contribution in [0, 0.1) is 6.92 Å². The second kappa shape index (κ2) is 6.86. The van der Waals surface area contributed by atoms with Gasteiger partial charge in [-0.15, -0.1) is 11.3 Å². The van der Waals surface area contributed by atoms with E-state index >= 15 is 0 Å². The van der Waals surface area contributed by atoms with Gasteiger partial charge in [0.05, 0.1) is 12.0 Å². The molecule has 2 aromatic carbocycles. The van der Waals surface area contributed by atoms with Crippen molar-refractivity contribution >= 4 is 34.0 Å². The molecular formula is C21H16N6S. The lowest BCUT2D eigenvalue weighted by atomic mass is 10.1. The van der Waals surface area contributed by atoms with Crippen LogP contribution in [0.5, 0.6) is 0 Å². The molecule has 0 spiro atoms. The largest absolute Gasteiger partial charge is 0.340 e.